The predicted molar refractivity (Wildman–Crippen MR) is 95.0 cm³/mol. The van der Waals surface area contributed by atoms with Crippen LogP contribution in [0.25, 0.3) is 11.3 Å². The minimum absolute atomic E-state index is 0.844. The van der Waals surface area contributed by atoms with Crippen molar-refractivity contribution in [1.29, 1.82) is 0 Å². The quantitative estimate of drug-likeness (QED) is 0.865. The van der Waals surface area contributed by atoms with Crippen molar-refractivity contribution in [3.63, 3.8) is 0 Å². The van der Waals surface area contributed by atoms with E-state index in [1.165, 1.54) is 18.4 Å². The molecule has 0 saturated carbocycles. The molecule has 0 atom stereocenters. The van der Waals surface area contributed by atoms with E-state index in [0.29, 0.717) is 0 Å². The van der Waals surface area contributed by atoms with Gasteiger partial charge in [-0.1, -0.05) is 24.3 Å². The summed E-state index contributed by atoms with van der Waals surface area (Å²) in [4.78, 5) is 4.74. The lowest BCUT2D eigenvalue weighted by Gasteiger charge is -2.26. The molecule has 24 heavy (non-hydrogen) atoms. The molecule has 2 fully saturated rings. The van der Waals surface area contributed by atoms with Crippen LogP contribution < -0.4 is 4.90 Å². The van der Waals surface area contributed by atoms with Gasteiger partial charge in [-0.2, -0.15) is 0 Å². The third-order valence-electron chi connectivity index (χ3n) is 4.84. The fraction of sp³-hybridized carbons (Fsp3) is 0.474. The van der Waals surface area contributed by atoms with Gasteiger partial charge in [0.05, 0.1) is 18.9 Å². The number of ether oxygens (including phenoxy) is 1. The molecule has 0 amide bonds. The number of benzene rings is 1. The van der Waals surface area contributed by atoms with Gasteiger partial charge < -0.3 is 9.64 Å². The van der Waals surface area contributed by atoms with Crippen molar-refractivity contribution < 1.29 is 4.74 Å². The summed E-state index contributed by atoms with van der Waals surface area (Å²) in [7, 11) is 0. The third kappa shape index (κ3) is 3.57. The van der Waals surface area contributed by atoms with Crippen LogP contribution in [-0.4, -0.2) is 54.5 Å². The SMILES string of the molecule is c1cc(-c2ccc(N3CCCC3)nn2)ccc1CN1CCOCC1. The molecular weight excluding hydrogens is 300 g/mol. The zero-order valence-corrected chi connectivity index (χ0v) is 14.0. The Morgan fingerprint density at radius 1 is 0.833 bits per heavy atom. The van der Waals surface area contributed by atoms with Crippen LogP contribution >= 0.6 is 0 Å². The lowest BCUT2D eigenvalue weighted by molar-refractivity contribution is 0.0342. The van der Waals surface area contributed by atoms with Crippen molar-refractivity contribution in [2.45, 2.75) is 19.4 Å². The summed E-state index contributed by atoms with van der Waals surface area (Å²) in [5, 5.41) is 8.83. The van der Waals surface area contributed by atoms with Gasteiger partial charge in [-0.25, -0.2) is 0 Å². The van der Waals surface area contributed by atoms with E-state index in [0.717, 1.165) is 63.0 Å². The van der Waals surface area contributed by atoms with E-state index in [1.807, 2.05) is 0 Å². The number of morpholine rings is 1. The van der Waals surface area contributed by atoms with E-state index >= 15 is 0 Å². The van der Waals surface area contributed by atoms with Crippen LogP contribution in [0.15, 0.2) is 36.4 Å². The van der Waals surface area contributed by atoms with E-state index in [9.17, 15) is 0 Å². The lowest BCUT2D eigenvalue weighted by atomic mass is 10.1. The Balaban J connectivity index is 1.42. The minimum atomic E-state index is 0.844. The predicted octanol–water partition coefficient (Wildman–Crippen LogP) is 2.58. The first-order valence-electron chi connectivity index (χ1n) is 8.86. The average molecular weight is 324 g/mol. The van der Waals surface area contributed by atoms with Crippen molar-refractivity contribution in [2.24, 2.45) is 0 Å². The van der Waals surface area contributed by atoms with Crippen LogP contribution in [0.4, 0.5) is 5.82 Å². The van der Waals surface area contributed by atoms with Crippen molar-refractivity contribution in [3.05, 3.63) is 42.0 Å². The standard InChI is InChI=1S/C19H24N4O/c1-2-10-23(9-1)19-8-7-18(20-21-19)17-5-3-16(4-6-17)15-22-11-13-24-14-12-22/h3-8H,1-2,9-15H2. The average Bonchev–Trinajstić information content (AvgIpc) is 3.18. The highest BCUT2D eigenvalue weighted by atomic mass is 16.5. The Labute approximate surface area is 143 Å². The largest absolute Gasteiger partial charge is 0.379 e. The second kappa shape index (κ2) is 7.28. The molecule has 1 aromatic heterocycles. The summed E-state index contributed by atoms with van der Waals surface area (Å²) in [6, 6.07) is 12.9. The van der Waals surface area contributed by atoms with Crippen LogP contribution in [0.5, 0.6) is 0 Å². The zero-order chi connectivity index (χ0) is 16.2. The molecule has 2 aliphatic rings. The van der Waals surface area contributed by atoms with Gasteiger partial charge in [-0.15, -0.1) is 10.2 Å². The molecule has 2 aromatic rings. The molecule has 2 saturated heterocycles. The van der Waals surface area contributed by atoms with Gasteiger partial charge in [-0.05, 0) is 30.5 Å². The number of aromatic nitrogens is 2. The molecule has 0 radical (unpaired) electrons. The van der Waals surface area contributed by atoms with Crippen molar-refractivity contribution in [3.8, 4) is 11.3 Å². The van der Waals surface area contributed by atoms with E-state index in [1.54, 1.807) is 0 Å². The normalized spacial score (nSPS) is 18.9. The Morgan fingerprint density at radius 2 is 1.58 bits per heavy atom. The molecule has 126 valence electrons. The molecular formula is C19H24N4O. The smallest absolute Gasteiger partial charge is 0.151 e. The molecule has 0 unspecified atom stereocenters. The van der Waals surface area contributed by atoms with E-state index in [-0.39, 0.29) is 0 Å². The van der Waals surface area contributed by atoms with Crippen molar-refractivity contribution in [1.82, 2.24) is 15.1 Å². The van der Waals surface area contributed by atoms with Gasteiger partial charge in [-0.3, -0.25) is 4.90 Å². The van der Waals surface area contributed by atoms with Crippen molar-refractivity contribution >= 4 is 5.82 Å². The van der Waals surface area contributed by atoms with Gasteiger partial charge in [0, 0.05) is 38.3 Å². The van der Waals surface area contributed by atoms with Crippen LogP contribution in [0.2, 0.25) is 0 Å². The van der Waals surface area contributed by atoms with E-state index in [2.05, 4.69) is 56.4 Å². The minimum Gasteiger partial charge on any atom is -0.379 e. The third-order valence-corrected chi connectivity index (χ3v) is 4.84. The topological polar surface area (TPSA) is 41.5 Å². The first kappa shape index (κ1) is 15.5. The maximum absolute atomic E-state index is 5.40. The van der Waals surface area contributed by atoms with E-state index < -0.39 is 0 Å². The highest BCUT2D eigenvalue weighted by Crippen LogP contribution is 2.21. The zero-order valence-electron chi connectivity index (χ0n) is 14.0. The van der Waals surface area contributed by atoms with Gasteiger partial charge in [0.1, 0.15) is 0 Å². The molecule has 5 heteroatoms. The maximum Gasteiger partial charge on any atom is 0.151 e. The summed E-state index contributed by atoms with van der Waals surface area (Å²) in [6.07, 6.45) is 2.52. The molecule has 0 bridgehead atoms. The molecule has 0 spiro atoms. The second-order valence-electron chi connectivity index (χ2n) is 6.56. The highest BCUT2D eigenvalue weighted by Gasteiger charge is 2.14. The van der Waals surface area contributed by atoms with Crippen LogP contribution in [0, 0.1) is 0 Å². The molecule has 4 rings (SSSR count). The van der Waals surface area contributed by atoms with Gasteiger partial charge in [0.15, 0.2) is 5.82 Å². The molecule has 3 heterocycles. The fourth-order valence-corrected chi connectivity index (χ4v) is 3.39. The van der Waals surface area contributed by atoms with Gasteiger partial charge in [0.25, 0.3) is 0 Å². The Bertz CT molecular complexity index is 644. The summed E-state index contributed by atoms with van der Waals surface area (Å²) >= 11 is 0. The van der Waals surface area contributed by atoms with Gasteiger partial charge >= 0.3 is 0 Å². The van der Waals surface area contributed by atoms with Crippen molar-refractivity contribution in [2.75, 3.05) is 44.3 Å². The van der Waals surface area contributed by atoms with Crippen LogP contribution in [0.1, 0.15) is 18.4 Å². The first-order chi connectivity index (χ1) is 11.9. The Kier molecular flexibility index (Phi) is 4.71. The summed E-state index contributed by atoms with van der Waals surface area (Å²) < 4.78 is 5.40. The maximum atomic E-state index is 5.40. The number of nitrogens with zero attached hydrogens (tertiary/aromatic N) is 4. The molecule has 1 aromatic carbocycles. The van der Waals surface area contributed by atoms with E-state index in [4.69, 9.17) is 4.74 Å². The summed E-state index contributed by atoms with van der Waals surface area (Å²) in [5.41, 5.74) is 3.40. The second-order valence-corrected chi connectivity index (χ2v) is 6.56. The van der Waals surface area contributed by atoms with Crippen LogP contribution in [0.3, 0.4) is 0 Å². The fourth-order valence-electron chi connectivity index (χ4n) is 3.39. The van der Waals surface area contributed by atoms with Crippen LogP contribution in [-0.2, 0) is 11.3 Å². The summed E-state index contributed by atoms with van der Waals surface area (Å²) in [5.74, 6) is 1.00. The Hall–Kier alpha value is -1.98. The number of rotatable bonds is 4. The molecule has 0 N–H and O–H groups in total. The summed E-state index contributed by atoms with van der Waals surface area (Å²) in [6.45, 7) is 6.92. The highest BCUT2D eigenvalue weighted by molar-refractivity contribution is 5.60. The molecule has 0 aliphatic carbocycles. The number of anilines is 1. The lowest BCUT2D eigenvalue weighted by Crippen LogP contribution is -2.35. The number of hydrogen-bond donors (Lipinski definition) is 0. The van der Waals surface area contributed by atoms with Gasteiger partial charge in [0.2, 0.25) is 0 Å². The number of hydrogen-bond acceptors (Lipinski definition) is 5. The first-order valence-corrected chi connectivity index (χ1v) is 8.86. The Morgan fingerprint density at radius 3 is 2.25 bits per heavy atom. The molecule has 2 aliphatic heterocycles. The monoisotopic (exact) mass is 324 g/mol. The molecule has 5 nitrogen and oxygen atoms in total.